The number of hydrogen-bond acceptors (Lipinski definition) is 6. The average molecular weight is 491 g/mol. The zero-order valence-electron chi connectivity index (χ0n) is 17.8. The third kappa shape index (κ3) is 5.97. The van der Waals surface area contributed by atoms with Crippen molar-refractivity contribution in [2.45, 2.75) is 50.4 Å². The van der Waals surface area contributed by atoms with Gasteiger partial charge in [0.15, 0.2) is 0 Å². The van der Waals surface area contributed by atoms with Crippen LogP contribution in [0.3, 0.4) is 0 Å². The molecule has 0 aliphatic carbocycles. The molecule has 1 aliphatic rings. The first-order valence-electron chi connectivity index (χ1n) is 10.4. The van der Waals surface area contributed by atoms with Crippen molar-refractivity contribution in [2.75, 3.05) is 19.3 Å². The number of carbonyl (C=O) groups is 1. The van der Waals surface area contributed by atoms with E-state index in [1.165, 1.54) is 17.0 Å². The number of nitrogens with zero attached hydrogens (tertiary/aromatic N) is 5. The molecule has 2 aromatic rings. The first-order valence-corrected chi connectivity index (χ1v) is 12.1. The Balaban J connectivity index is 1.73. The molecule has 1 atom stereocenters. The molecule has 0 saturated carbocycles. The number of piperidine rings is 1. The van der Waals surface area contributed by atoms with Gasteiger partial charge in [0.25, 0.3) is 5.91 Å². The summed E-state index contributed by atoms with van der Waals surface area (Å²) in [4.78, 5) is 34.2. The van der Waals surface area contributed by atoms with Crippen LogP contribution in [-0.4, -0.2) is 65.2 Å². The van der Waals surface area contributed by atoms with E-state index in [4.69, 9.17) is 0 Å². The van der Waals surface area contributed by atoms with E-state index in [-0.39, 0.29) is 24.8 Å². The number of tetrazole rings is 1. The van der Waals surface area contributed by atoms with Gasteiger partial charge in [-0.05, 0) is 48.6 Å². The van der Waals surface area contributed by atoms with Crippen LogP contribution in [0.25, 0.3) is 0 Å². The van der Waals surface area contributed by atoms with Gasteiger partial charge < -0.3 is 19.8 Å². The van der Waals surface area contributed by atoms with Crippen LogP contribution in [0.4, 0.5) is 13.2 Å². The van der Waals surface area contributed by atoms with E-state index in [0.29, 0.717) is 19.4 Å². The molecule has 0 bridgehead atoms. The highest BCUT2D eigenvalue weighted by Crippen LogP contribution is 2.40. The molecule has 3 rings (SSSR count). The van der Waals surface area contributed by atoms with E-state index in [0.717, 1.165) is 22.5 Å². The monoisotopic (exact) mass is 491 g/mol. The largest absolute Gasteiger partial charge is 0.416 e. The van der Waals surface area contributed by atoms with Gasteiger partial charge >= 0.3 is 13.8 Å². The smallest absolute Gasteiger partial charge is 0.373 e. The molecule has 0 radical (unpaired) electrons. The summed E-state index contributed by atoms with van der Waals surface area (Å²) >= 11 is 0. The predicted octanol–water partition coefficient (Wildman–Crippen LogP) is 1.87. The fraction of sp³-hybridized carbons (Fsp3) is 0.579. The Bertz CT molecular complexity index is 1020. The van der Waals surface area contributed by atoms with Crippen molar-refractivity contribution < 1.29 is 37.4 Å². The molecule has 1 unspecified atom stereocenters. The standard InChI is InChI=1S/C19H25F3N5O5P/c1-2-27-24-16(23-25-27)18(29,9-12-33(30,31)32)17(28)26-10-7-14(8-11-26)13-3-5-15(6-4-13)19(20,21)22/h3-6,14,29H,2,7-12H2,1H3,(H2,30,31,32). The molecular weight excluding hydrogens is 466 g/mol. The number of aryl methyl sites for hydroxylation is 1. The molecule has 33 heavy (non-hydrogen) atoms. The van der Waals surface area contributed by atoms with Crippen molar-refractivity contribution in [3.8, 4) is 0 Å². The lowest BCUT2D eigenvalue weighted by Gasteiger charge is -2.36. The Morgan fingerprint density at radius 2 is 1.79 bits per heavy atom. The zero-order chi connectivity index (χ0) is 24.4. The van der Waals surface area contributed by atoms with Gasteiger partial charge in [-0.3, -0.25) is 9.36 Å². The number of halogens is 3. The molecule has 1 aromatic heterocycles. The fourth-order valence-electron chi connectivity index (χ4n) is 3.79. The van der Waals surface area contributed by atoms with Crippen LogP contribution in [0.2, 0.25) is 0 Å². The number of rotatable bonds is 7. The highest BCUT2D eigenvalue weighted by molar-refractivity contribution is 7.51. The van der Waals surface area contributed by atoms with E-state index in [9.17, 15) is 37.4 Å². The molecule has 3 N–H and O–H groups in total. The van der Waals surface area contributed by atoms with E-state index in [1.54, 1.807) is 6.92 Å². The first kappa shape index (κ1) is 25.3. The summed E-state index contributed by atoms with van der Waals surface area (Å²) in [7, 11) is -4.52. The Labute approximate surface area is 187 Å². The van der Waals surface area contributed by atoms with Gasteiger partial charge in [-0.15, -0.1) is 10.2 Å². The first-order chi connectivity index (χ1) is 15.3. The molecule has 10 nitrogen and oxygen atoms in total. The number of benzene rings is 1. The maximum atomic E-state index is 13.2. The molecule has 1 amide bonds. The van der Waals surface area contributed by atoms with E-state index in [1.807, 2.05) is 0 Å². The predicted molar refractivity (Wildman–Crippen MR) is 109 cm³/mol. The fourth-order valence-corrected chi connectivity index (χ4v) is 4.40. The van der Waals surface area contributed by atoms with Gasteiger partial charge in [-0.25, -0.2) is 0 Å². The van der Waals surface area contributed by atoms with Crippen LogP contribution in [0, 0.1) is 0 Å². The lowest BCUT2D eigenvalue weighted by atomic mass is 9.87. The van der Waals surface area contributed by atoms with Crippen LogP contribution in [0.15, 0.2) is 24.3 Å². The molecule has 1 aliphatic heterocycles. The van der Waals surface area contributed by atoms with Gasteiger partial charge in [0.05, 0.1) is 18.3 Å². The third-order valence-corrected chi connectivity index (χ3v) is 6.52. The van der Waals surface area contributed by atoms with Crippen molar-refractivity contribution in [1.29, 1.82) is 0 Å². The van der Waals surface area contributed by atoms with Crippen LogP contribution in [-0.2, 0) is 27.7 Å². The van der Waals surface area contributed by atoms with E-state index in [2.05, 4.69) is 15.4 Å². The minimum atomic E-state index is -4.52. The second-order valence-corrected chi connectivity index (χ2v) is 9.76. The topological polar surface area (TPSA) is 142 Å². The number of likely N-dealkylation sites (tertiary alicyclic amines) is 1. The highest BCUT2D eigenvalue weighted by atomic mass is 31.2. The maximum Gasteiger partial charge on any atom is 0.416 e. The highest BCUT2D eigenvalue weighted by Gasteiger charge is 2.46. The van der Waals surface area contributed by atoms with Crippen molar-refractivity contribution in [3.05, 3.63) is 41.2 Å². The van der Waals surface area contributed by atoms with Crippen molar-refractivity contribution in [3.63, 3.8) is 0 Å². The lowest BCUT2D eigenvalue weighted by Crippen LogP contribution is -2.50. The van der Waals surface area contributed by atoms with Gasteiger partial charge in [0.1, 0.15) is 0 Å². The Hall–Kier alpha value is -2.34. The van der Waals surface area contributed by atoms with E-state index >= 15 is 0 Å². The molecule has 1 aromatic carbocycles. The van der Waals surface area contributed by atoms with Crippen molar-refractivity contribution in [2.24, 2.45) is 0 Å². The maximum absolute atomic E-state index is 13.2. The third-order valence-electron chi connectivity index (χ3n) is 5.72. The Morgan fingerprint density at radius 1 is 1.18 bits per heavy atom. The van der Waals surface area contributed by atoms with Crippen molar-refractivity contribution >= 4 is 13.5 Å². The number of aromatic nitrogens is 4. The summed E-state index contributed by atoms with van der Waals surface area (Å²) in [5, 5.41) is 22.5. The van der Waals surface area contributed by atoms with Crippen LogP contribution in [0.5, 0.6) is 0 Å². The van der Waals surface area contributed by atoms with Gasteiger partial charge in [-0.1, -0.05) is 12.1 Å². The molecule has 1 saturated heterocycles. The van der Waals surface area contributed by atoms with Crippen LogP contribution in [0.1, 0.15) is 49.1 Å². The molecule has 2 heterocycles. The minimum Gasteiger partial charge on any atom is -0.373 e. The van der Waals surface area contributed by atoms with Crippen LogP contribution >= 0.6 is 7.60 Å². The molecular formula is C19H25F3N5O5P. The second kappa shape index (κ2) is 9.49. The molecule has 14 heteroatoms. The Morgan fingerprint density at radius 3 is 2.27 bits per heavy atom. The number of amides is 1. The summed E-state index contributed by atoms with van der Waals surface area (Å²) in [5.41, 5.74) is -2.38. The summed E-state index contributed by atoms with van der Waals surface area (Å²) in [6.45, 7) is 2.43. The summed E-state index contributed by atoms with van der Waals surface area (Å²) in [5.74, 6) is -1.20. The van der Waals surface area contributed by atoms with Crippen LogP contribution < -0.4 is 0 Å². The second-order valence-electron chi connectivity index (χ2n) is 7.99. The number of hydrogen-bond donors (Lipinski definition) is 3. The number of carbonyl (C=O) groups excluding carboxylic acids is 1. The van der Waals surface area contributed by atoms with Gasteiger partial charge in [0.2, 0.25) is 11.4 Å². The molecule has 1 fully saturated rings. The summed E-state index contributed by atoms with van der Waals surface area (Å²) < 4.78 is 49.7. The number of aliphatic hydroxyl groups is 1. The zero-order valence-corrected chi connectivity index (χ0v) is 18.7. The normalized spacial score (nSPS) is 17.7. The van der Waals surface area contributed by atoms with Crippen molar-refractivity contribution in [1.82, 2.24) is 25.1 Å². The average Bonchev–Trinajstić information content (AvgIpc) is 3.26. The number of alkyl halides is 3. The Kier molecular flexibility index (Phi) is 7.27. The molecule has 182 valence electrons. The quantitative estimate of drug-likeness (QED) is 0.499. The van der Waals surface area contributed by atoms with Gasteiger partial charge in [0, 0.05) is 19.5 Å². The van der Waals surface area contributed by atoms with E-state index < -0.39 is 43.4 Å². The summed E-state index contributed by atoms with van der Waals surface area (Å²) in [6.07, 6.45) is -4.87. The minimum absolute atomic E-state index is 0.0707. The van der Waals surface area contributed by atoms with Gasteiger partial charge in [-0.2, -0.15) is 18.0 Å². The lowest BCUT2D eigenvalue weighted by molar-refractivity contribution is -0.155. The SMILES string of the molecule is CCn1nnc(C(O)(CCP(=O)(O)O)C(=O)N2CCC(c3ccc(C(F)(F)F)cc3)CC2)n1. The summed E-state index contributed by atoms with van der Waals surface area (Å²) in [6, 6.07) is 4.90. The molecule has 0 spiro atoms.